The maximum absolute atomic E-state index is 11.7. The van der Waals surface area contributed by atoms with Crippen molar-refractivity contribution in [3.05, 3.63) is 35.4 Å². The highest BCUT2D eigenvalue weighted by atomic mass is 32.2. The van der Waals surface area contributed by atoms with Crippen molar-refractivity contribution in [3.8, 4) is 0 Å². The summed E-state index contributed by atoms with van der Waals surface area (Å²) in [6.07, 6.45) is 1.65. The fourth-order valence-electron chi connectivity index (χ4n) is 1.46. The number of rotatable bonds is 6. The molecule has 0 spiro atoms. The SMILES string of the molecule is CCCCS(=O)(=O)Cc1ccc(CN)cc1. The fourth-order valence-corrected chi connectivity index (χ4v) is 3.04. The van der Waals surface area contributed by atoms with E-state index in [0.29, 0.717) is 6.54 Å². The van der Waals surface area contributed by atoms with Crippen LogP contribution in [0.15, 0.2) is 24.3 Å². The topological polar surface area (TPSA) is 60.2 Å². The van der Waals surface area contributed by atoms with Gasteiger partial charge in [-0.2, -0.15) is 0 Å². The molecule has 1 rings (SSSR count). The Bertz CT molecular complexity index is 409. The minimum atomic E-state index is -2.95. The summed E-state index contributed by atoms with van der Waals surface area (Å²) >= 11 is 0. The molecule has 4 heteroatoms. The van der Waals surface area contributed by atoms with Gasteiger partial charge in [-0.05, 0) is 17.5 Å². The van der Waals surface area contributed by atoms with Gasteiger partial charge in [0.1, 0.15) is 0 Å². The zero-order valence-corrected chi connectivity index (χ0v) is 10.5. The van der Waals surface area contributed by atoms with Gasteiger partial charge in [-0.1, -0.05) is 37.6 Å². The Balaban J connectivity index is 2.65. The number of hydrogen-bond donors (Lipinski definition) is 1. The molecular formula is C12H19NO2S. The number of hydrogen-bond acceptors (Lipinski definition) is 3. The smallest absolute Gasteiger partial charge is 0.154 e. The molecule has 0 fully saturated rings. The quantitative estimate of drug-likeness (QED) is 0.827. The second-order valence-corrected chi connectivity index (χ2v) is 6.15. The standard InChI is InChI=1S/C12H19NO2S/c1-2-3-8-16(14,15)10-12-6-4-11(9-13)5-7-12/h4-7H,2-3,8-10,13H2,1H3. The third-order valence-electron chi connectivity index (χ3n) is 2.45. The Morgan fingerprint density at radius 3 is 2.19 bits per heavy atom. The van der Waals surface area contributed by atoms with Crippen molar-refractivity contribution in [2.24, 2.45) is 5.73 Å². The molecule has 0 aliphatic rings. The molecule has 0 heterocycles. The third-order valence-corrected chi connectivity index (χ3v) is 4.14. The molecule has 1 aromatic rings. The monoisotopic (exact) mass is 241 g/mol. The first-order chi connectivity index (χ1) is 7.57. The lowest BCUT2D eigenvalue weighted by Gasteiger charge is -2.04. The average Bonchev–Trinajstić information content (AvgIpc) is 2.27. The molecule has 0 saturated carbocycles. The third kappa shape index (κ3) is 4.33. The summed E-state index contributed by atoms with van der Waals surface area (Å²) in [5.41, 5.74) is 7.34. The lowest BCUT2D eigenvalue weighted by atomic mass is 10.1. The van der Waals surface area contributed by atoms with E-state index in [0.717, 1.165) is 24.0 Å². The number of unbranched alkanes of at least 4 members (excludes halogenated alkanes) is 1. The molecule has 0 bridgehead atoms. The van der Waals surface area contributed by atoms with Crippen LogP contribution in [0.2, 0.25) is 0 Å². The van der Waals surface area contributed by atoms with Crippen LogP contribution in [0.3, 0.4) is 0 Å². The van der Waals surface area contributed by atoms with Crippen LogP contribution in [-0.2, 0) is 22.1 Å². The molecule has 0 radical (unpaired) electrons. The van der Waals surface area contributed by atoms with E-state index in [1.54, 1.807) is 0 Å². The first-order valence-electron chi connectivity index (χ1n) is 5.55. The average molecular weight is 241 g/mol. The Labute approximate surface area is 97.6 Å². The molecule has 0 aliphatic carbocycles. The van der Waals surface area contributed by atoms with Crippen molar-refractivity contribution in [1.82, 2.24) is 0 Å². The minimum Gasteiger partial charge on any atom is -0.326 e. The van der Waals surface area contributed by atoms with Gasteiger partial charge >= 0.3 is 0 Å². The lowest BCUT2D eigenvalue weighted by Crippen LogP contribution is -2.09. The van der Waals surface area contributed by atoms with Crippen LogP contribution in [0.25, 0.3) is 0 Å². The Kier molecular flexibility index (Phi) is 4.96. The Morgan fingerprint density at radius 1 is 1.12 bits per heavy atom. The Hall–Kier alpha value is -0.870. The second-order valence-electron chi connectivity index (χ2n) is 3.97. The molecule has 0 atom stereocenters. The van der Waals surface area contributed by atoms with E-state index in [-0.39, 0.29) is 11.5 Å². The van der Waals surface area contributed by atoms with E-state index in [2.05, 4.69) is 0 Å². The van der Waals surface area contributed by atoms with Crippen LogP contribution in [0, 0.1) is 0 Å². The van der Waals surface area contributed by atoms with Gasteiger partial charge in [-0.15, -0.1) is 0 Å². The van der Waals surface area contributed by atoms with Gasteiger partial charge in [0.2, 0.25) is 0 Å². The predicted octanol–water partition coefficient (Wildman–Crippen LogP) is 1.86. The minimum absolute atomic E-state index is 0.137. The van der Waals surface area contributed by atoms with E-state index in [9.17, 15) is 8.42 Å². The predicted molar refractivity (Wildman–Crippen MR) is 66.7 cm³/mol. The summed E-state index contributed by atoms with van der Waals surface area (Å²) < 4.78 is 23.4. The van der Waals surface area contributed by atoms with Gasteiger partial charge in [0.05, 0.1) is 11.5 Å². The first-order valence-corrected chi connectivity index (χ1v) is 7.38. The summed E-state index contributed by atoms with van der Waals surface area (Å²) in [5.74, 6) is 0.417. The van der Waals surface area contributed by atoms with Crippen molar-refractivity contribution < 1.29 is 8.42 Å². The molecule has 0 amide bonds. The molecule has 0 aliphatic heterocycles. The van der Waals surface area contributed by atoms with E-state index < -0.39 is 9.84 Å². The lowest BCUT2D eigenvalue weighted by molar-refractivity contribution is 0.592. The summed E-state index contributed by atoms with van der Waals surface area (Å²) in [4.78, 5) is 0. The molecule has 3 nitrogen and oxygen atoms in total. The molecule has 1 aromatic carbocycles. The second kappa shape index (κ2) is 6.01. The Morgan fingerprint density at radius 2 is 1.69 bits per heavy atom. The molecule has 16 heavy (non-hydrogen) atoms. The first kappa shape index (κ1) is 13.2. The van der Waals surface area contributed by atoms with E-state index in [1.807, 2.05) is 31.2 Å². The summed E-state index contributed by atoms with van der Waals surface area (Å²) in [5, 5.41) is 0. The summed E-state index contributed by atoms with van der Waals surface area (Å²) in [6.45, 7) is 2.48. The van der Waals surface area contributed by atoms with Crippen LogP contribution in [0.4, 0.5) is 0 Å². The highest BCUT2D eigenvalue weighted by Gasteiger charge is 2.10. The van der Waals surface area contributed by atoms with Crippen LogP contribution >= 0.6 is 0 Å². The van der Waals surface area contributed by atoms with E-state index in [1.165, 1.54) is 0 Å². The largest absolute Gasteiger partial charge is 0.326 e. The number of nitrogens with two attached hydrogens (primary N) is 1. The van der Waals surface area contributed by atoms with Crippen LogP contribution < -0.4 is 5.73 Å². The highest BCUT2D eigenvalue weighted by molar-refractivity contribution is 7.90. The van der Waals surface area contributed by atoms with Crippen molar-refractivity contribution in [3.63, 3.8) is 0 Å². The van der Waals surface area contributed by atoms with Gasteiger partial charge in [0, 0.05) is 6.54 Å². The van der Waals surface area contributed by atoms with Crippen LogP contribution in [-0.4, -0.2) is 14.2 Å². The van der Waals surface area contributed by atoms with Gasteiger partial charge in [-0.25, -0.2) is 8.42 Å². The molecule has 0 aromatic heterocycles. The highest BCUT2D eigenvalue weighted by Crippen LogP contribution is 2.10. The van der Waals surface area contributed by atoms with Gasteiger partial charge < -0.3 is 5.73 Å². The van der Waals surface area contributed by atoms with E-state index in [4.69, 9.17) is 5.73 Å². The van der Waals surface area contributed by atoms with Gasteiger partial charge in [-0.3, -0.25) is 0 Å². The number of sulfone groups is 1. The van der Waals surface area contributed by atoms with E-state index >= 15 is 0 Å². The van der Waals surface area contributed by atoms with Gasteiger partial charge in [0.25, 0.3) is 0 Å². The van der Waals surface area contributed by atoms with Crippen molar-refractivity contribution in [2.75, 3.05) is 5.75 Å². The maximum atomic E-state index is 11.7. The molecule has 90 valence electrons. The van der Waals surface area contributed by atoms with Crippen LogP contribution in [0.1, 0.15) is 30.9 Å². The maximum Gasteiger partial charge on any atom is 0.154 e. The zero-order valence-electron chi connectivity index (χ0n) is 9.65. The molecule has 0 saturated heterocycles. The van der Waals surface area contributed by atoms with Crippen LogP contribution in [0.5, 0.6) is 0 Å². The van der Waals surface area contributed by atoms with Gasteiger partial charge in [0.15, 0.2) is 9.84 Å². The van der Waals surface area contributed by atoms with Crippen molar-refractivity contribution in [1.29, 1.82) is 0 Å². The zero-order chi connectivity index (χ0) is 12.0. The summed E-state index contributed by atoms with van der Waals surface area (Å²) in [7, 11) is -2.95. The molecule has 0 unspecified atom stereocenters. The fraction of sp³-hybridized carbons (Fsp3) is 0.500. The van der Waals surface area contributed by atoms with Crippen molar-refractivity contribution >= 4 is 9.84 Å². The number of benzene rings is 1. The molecule has 2 N–H and O–H groups in total. The van der Waals surface area contributed by atoms with Crippen molar-refractivity contribution in [2.45, 2.75) is 32.1 Å². The molecular weight excluding hydrogens is 222 g/mol. The summed E-state index contributed by atoms with van der Waals surface area (Å²) in [6, 6.07) is 7.44. The normalized spacial score (nSPS) is 11.6.